The summed E-state index contributed by atoms with van der Waals surface area (Å²) in [6, 6.07) is 11.4. The van der Waals surface area contributed by atoms with Gasteiger partial charge in [-0.1, -0.05) is 11.2 Å². The molecule has 2 aromatic carbocycles. The summed E-state index contributed by atoms with van der Waals surface area (Å²) in [4.78, 5) is 12.7. The lowest BCUT2D eigenvalue weighted by molar-refractivity contribution is 0.102. The average molecular weight is 478 g/mol. The van der Waals surface area contributed by atoms with Gasteiger partial charge in [-0.2, -0.15) is 0 Å². The Morgan fingerprint density at radius 2 is 1.44 bits per heavy atom. The van der Waals surface area contributed by atoms with Crippen LogP contribution in [0.3, 0.4) is 0 Å². The molecule has 0 saturated carbocycles. The highest BCUT2D eigenvalue weighted by molar-refractivity contribution is 7.92. The van der Waals surface area contributed by atoms with Crippen molar-refractivity contribution >= 4 is 31.6 Å². The van der Waals surface area contributed by atoms with Gasteiger partial charge in [-0.05, 0) is 70.2 Å². The number of carbonyl (C=O) groups excluding carboxylic acids is 1. The van der Waals surface area contributed by atoms with E-state index in [1.165, 1.54) is 36.4 Å². The Hall–Kier alpha value is -3.05. The monoisotopic (exact) mass is 477 g/mol. The Bertz CT molecular complexity index is 1340. The first-order valence-corrected chi connectivity index (χ1v) is 12.9. The third kappa shape index (κ3) is 4.73. The number of benzene rings is 2. The molecule has 170 valence electrons. The van der Waals surface area contributed by atoms with Gasteiger partial charge in [0, 0.05) is 11.1 Å². The smallest absolute Gasteiger partial charge is 0.322 e. The summed E-state index contributed by atoms with van der Waals surface area (Å²) in [5, 5.41) is 8.92. The van der Waals surface area contributed by atoms with E-state index in [2.05, 4.69) is 15.5 Å². The van der Waals surface area contributed by atoms with E-state index in [1.54, 1.807) is 39.8 Å². The molecule has 1 aromatic heterocycles. The molecule has 0 aliphatic heterocycles. The van der Waals surface area contributed by atoms with E-state index in [0.29, 0.717) is 5.56 Å². The van der Waals surface area contributed by atoms with Crippen LogP contribution in [-0.4, -0.2) is 43.4 Å². The Morgan fingerprint density at radius 1 is 0.844 bits per heavy atom. The molecule has 11 heteroatoms. The largest absolute Gasteiger partial charge is 0.403 e. The highest BCUT2D eigenvalue weighted by atomic mass is 32.2. The van der Waals surface area contributed by atoms with Crippen LogP contribution < -0.4 is 5.32 Å². The molecule has 0 aliphatic rings. The Labute approximate surface area is 186 Å². The van der Waals surface area contributed by atoms with Crippen LogP contribution in [0.25, 0.3) is 11.5 Å². The number of rotatable bonds is 7. The van der Waals surface area contributed by atoms with Crippen LogP contribution in [0.15, 0.2) is 62.7 Å². The van der Waals surface area contributed by atoms with Gasteiger partial charge in [-0.3, -0.25) is 10.1 Å². The molecule has 0 unspecified atom stereocenters. The second kappa shape index (κ2) is 8.83. The zero-order chi connectivity index (χ0) is 23.7. The first-order valence-electron chi connectivity index (χ1n) is 9.76. The van der Waals surface area contributed by atoms with Crippen molar-refractivity contribution in [3.05, 3.63) is 54.1 Å². The first-order chi connectivity index (χ1) is 14.9. The van der Waals surface area contributed by atoms with Crippen LogP contribution >= 0.6 is 0 Å². The summed E-state index contributed by atoms with van der Waals surface area (Å²) < 4.78 is 54.6. The van der Waals surface area contributed by atoms with Crippen LogP contribution in [0.1, 0.15) is 38.1 Å². The highest BCUT2D eigenvalue weighted by Gasteiger charge is 2.22. The van der Waals surface area contributed by atoms with Gasteiger partial charge in [0.15, 0.2) is 19.7 Å². The molecule has 1 amide bonds. The minimum atomic E-state index is -3.48. The second-order valence-corrected chi connectivity index (χ2v) is 12.6. The maximum absolute atomic E-state index is 12.4. The number of aromatic nitrogens is 2. The van der Waals surface area contributed by atoms with E-state index >= 15 is 0 Å². The van der Waals surface area contributed by atoms with Crippen LogP contribution in [0, 0.1) is 0 Å². The predicted molar refractivity (Wildman–Crippen MR) is 119 cm³/mol. The number of hydrogen-bond acceptors (Lipinski definition) is 8. The lowest BCUT2D eigenvalue weighted by Crippen LogP contribution is -2.15. The number of nitrogens with zero attached hydrogens (tertiary/aromatic N) is 2. The van der Waals surface area contributed by atoms with Gasteiger partial charge in [-0.15, -0.1) is 5.10 Å². The standard InChI is InChI=1S/C21H23N3O6S2/c1-13(2)31(26,27)17-10-8-15(9-11-17)19(25)22-21-24-23-20(30-21)16-6-5-7-18(12-16)32(28,29)14(3)4/h5-14H,1-4H3,(H,22,24,25). The SMILES string of the molecule is CC(C)S(=O)(=O)c1ccc(C(=O)Nc2nnc(-c3cccc(S(=O)(=O)C(C)C)c3)o2)cc1. The lowest BCUT2D eigenvalue weighted by Gasteiger charge is -2.08. The third-order valence-corrected chi connectivity index (χ3v) is 9.06. The fourth-order valence-corrected chi connectivity index (χ4v) is 4.87. The fraction of sp³-hybridized carbons (Fsp3) is 0.286. The molecule has 32 heavy (non-hydrogen) atoms. The number of hydrogen-bond donors (Lipinski definition) is 1. The number of anilines is 1. The zero-order valence-electron chi connectivity index (χ0n) is 17.9. The van der Waals surface area contributed by atoms with Crippen LogP contribution in [-0.2, 0) is 19.7 Å². The summed E-state index contributed by atoms with van der Waals surface area (Å²) in [5.74, 6) is -0.524. The number of sulfone groups is 2. The summed E-state index contributed by atoms with van der Waals surface area (Å²) in [7, 11) is -6.92. The molecule has 0 spiro atoms. The normalized spacial score (nSPS) is 12.3. The molecular weight excluding hydrogens is 454 g/mol. The van der Waals surface area contributed by atoms with Crippen molar-refractivity contribution in [2.24, 2.45) is 0 Å². The van der Waals surface area contributed by atoms with Gasteiger partial charge in [0.1, 0.15) is 0 Å². The van der Waals surface area contributed by atoms with Crippen molar-refractivity contribution in [1.29, 1.82) is 0 Å². The first kappa shape index (κ1) is 23.6. The topological polar surface area (TPSA) is 136 Å². The van der Waals surface area contributed by atoms with Crippen molar-refractivity contribution in [3.8, 4) is 11.5 Å². The van der Waals surface area contributed by atoms with Crippen molar-refractivity contribution in [2.75, 3.05) is 5.32 Å². The van der Waals surface area contributed by atoms with Crippen LogP contribution in [0.5, 0.6) is 0 Å². The van der Waals surface area contributed by atoms with Crippen LogP contribution in [0.2, 0.25) is 0 Å². The molecule has 0 bridgehead atoms. The second-order valence-electron chi connectivity index (χ2n) is 7.61. The van der Waals surface area contributed by atoms with Crippen molar-refractivity contribution in [3.63, 3.8) is 0 Å². The lowest BCUT2D eigenvalue weighted by atomic mass is 10.2. The number of amides is 1. The maximum Gasteiger partial charge on any atom is 0.322 e. The van der Waals surface area contributed by atoms with Gasteiger partial charge in [0.25, 0.3) is 5.91 Å². The minimum Gasteiger partial charge on any atom is -0.403 e. The molecule has 0 radical (unpaired) electrons. The Morgan fingerprint density at radius 3 is 2.03 bits per heavy atom. The summed E-state index contributed by atoms with van der Waals surface area (Å²) in [6.45, 7) is 6.34. The quantitative estimate of drug-likeness (QED) is 0.547. The number of nitrogens with one attached hydrogen (secondary N) is 1. The predicted octanol–water partition coefficient (Wildman–Crippen LogP) is 3.35. The van der Waals surface area contributed by atoms with E-state index in [9.17, 15) is 21.6 Å². The molecule has 0 atom stereocenters. The van der Waals surface area contributed by atoms with Gasteiger partial charge in [0.05, 0.1) is 20.3 Å². The summed E-state index contributed by atoms with van der Waals surface area (Å²) in [6.07, 6.45) is 0. The molecule has 3 rings (SSSR count). The average Bonchev–Trinajstić information content (AvgIpc) is 3.22. The van der Waals surface area contributed by atoms with Crippen molar-refractivity contribution in [2.45, 2.75) is 48.0 Å². The highest BCUT2D eigenvalue weighted by Crippen LogP contribution is 2.25. The van der Waals surface area contributed by atoms with Gasteiger partial charge in [-0.25, -0.2) is 16.8 Å². The molecule has 1 heterocycles. The van der Waals surface area contributed by atoms with E-state index < -0.39 is 36.1 Å². The Kier molecular flexibility index (Phi) is 6.51. The fourth-order valence-electron chi connectivity index (χ4n) is 2.71. The van der Waals surface area contributed by atoms with Crippen molar-refractivity contribution in [1.82, 2.24) is 10.2 Å². The molecule has 0 fully saturated rings. The molecule has 9 nitrogen and oxygen atoms in total. The maximum atomic E-state index is 12.4. The van der Waals surface area contributed by atoms with E-state index in [0.717, 1.165) is 0 Å². The molecule has 3 aromatic rings. The zero-order valence-corrected chi connectivity index (χ0v) is 19.6. The van der Waals surface area contributed by atoms with Gasteiger partial charge >= 0.3 is 6.01 Å². The number of carbonyl (C=O) groups is 1. The molecule has 0 aliphatic carbocycles. The summed E-state index contributed by atoms with van der Waals surface area (Å²) in [5.41, 5.74) is 0.598. The minimum absolute atomic E-state index is 0.0412. The van der Waals surface area contributed by atoms with E-state index in [4.69, 9.17) is 4.42 Å². The van der Waals surface area contributed by atoms with Crippen molar-refractivity contribution < 1.29 is 26.0 Å². The Balaban J connectivity index is 1.78. The molecule has 0 saturated heterocycles. The van der Waals surface area contributed by atoms with E-state index in [1.807, 2.05) is 0 Å². The van der Waals surface area contributed by atoms with E-state index in [-0.39, 0.29) is 27.3 Å². The van der Waals surface area contributed by atoms with Gasteiger partial charge in [0.2, 0.25) is 5.89 Å². The van der Waals surface area contributed by atoms with Crippen LogP contribution in [0.4, 0.5) is 6.01 Å². The third-order valence-electron chi connectivity index (χ3n) is 4.74. The molecular formula is C21H23N3O6S2. The van der Waals surface area contributed by atoms with Gasteiger partial charge < -0.3 is 4.42 Å². The molecule has 1 N–H and O–H groups in total. The summed E-state index contributed by atoms with van der Waals surface area (Å²) >= 11 is 0.